The highest BCUT2D eigenvalue weighted by molar-refractivity contribution is 7.16. The molecular formula is C14H22N2O3S. The molecule has 1 heterocycles. The van der Waals surface area contributed by atoms with Gasteiger partial charge in [0, 0.05) is 23.5 Å². The van der Waals surface area contributed by atoms with Crippen molar-refractivity contribution in [2.75, 3.05) is 11.4 Å². The molecule has 0 aliphatic heterocycles. The van der Waals surface area contributed by atoms with Crippen molar-refractivity contribution < 1.29 is 10.0 Å². The molecular weight excluding hydrogens is 276 g/mol. The number of nitrogens with zero attached hydrogens (tertiary/aromatic N) is 2. The van der Waals surface area contributed by atoms with Gasteiger partial charge in [0.1, 0.15) is 0 Å². The highest BCUT2D eigenvalue weighted by atomic mass is 32.1. The van der Waals surface area contributed by atoms with Crippen LogP contribution >= 0.6 is 11.3 Å². The first-order valence-corrected chi connectivity index (χ1v) is 7.94. The van der Waals surface area contributed by atoms with Crippen LogP contribution in [0.1, 0.15) is 51.0 Å². The Morgan fingerprint density at radius 1 is 1.50 bits per heavy atom. The van der Waals surface area contributed by atoms with Crippen LogP contribution in [-0.2, 0) is 0 Å². The van der Waals surface area contributed by atoms with Crippen LogP contribution in [0.4, 0.5) is 10.7 Å². The first-order valence-electron chi connectivity index (χ1n) is 7.13. The van der Waals surface area contributed by atoms with Crippen LogP contribution in [0.3, 0.4) is 0 Å². The van der Waals surface area contributed by atoms with E-state index in [-0.39, 0.29) is 10.6 Å². The Kier molecular flexibility index (Phi) is 4.65. The van der Waals surface area contributed by atoms with Crippen LogP contribution in [0, 0.1) is 16.0 Å². The van der Waals surface area contributed by atoms with Gasteiger partial charge in [-0.1, -0.05) is 13.8 Å². The summed E-state index contributed by atoms with van der Waals surface area (Å²) >= 11 is 1.36. The van der Waals surface area contributed by atoms with E-state index in [0.29, 0.717) is 21.8 Å². The van der Waals surface area contributed by atoms with Crippen molar-refractivity contribution in [2.45, 2.75) is 52.2 Å². The maximum Gasteiger partial charge on any atom is 0.304 e. The maximum absolute atomic E-state index is 11.2. The number of hydrogen-bond donors (Lipinski definition) is 1. The fraction of sp³-hybridized carbons (Fsp3) is 0.714. The molecule has 1 aliphatic rings. The average Bonchev–Trinajstić information content (AvgIpc) is 3.06. The zero-order valence-electron chi connectivity index (χ0n) is 12.2. The second-order valence-corrected chi connectivity index (χ2v) is 6.94. The summed E-state index contributed by atoms with van der Waals surface area (Å²) in [4.78, 5) is 13.8. The normalized spacial score (nSPS) is 16.4. The molecule has 1 atom stereocenters. The SMILES string of the molecule is CC(C)CCN(c1sc([C@H](C)O)cc1[N+](=O)[O-])C1CC1. The van der Waals surface area contributed by atoms with Crippen molar-refractivity contribution in [3.63, 3.8) is 0 Å². The Hall–Kier alpha value is -1.14. The van der Waals surface area contributed by atoms with Crippen LogP contribution in [-0.4, -0.2) is 22.6 Å². The predicted molar refractivity (Wildman–Crippen MR) is 81.4 cm³/mol. The number of aliphatic hydroxyl groups excluding tert-OH is 1. The van der Waals surface area contributed by atoms with Gasteiger partial charge in [-0.25, -0.2) is 0 Å². The molecule has 6 heteroatoms. The molecule has 0 amide bonds. The van der Waals surface area contributed by atoms with Crippen molar-refractivity contribution in [1.29, 1.82) is 0 Å². The van der Waals surface area contributed by atoms with Crippen molar-refractivity contribution in [3.05, 3.63) is 21.1 Å². The van der Waals surface area contributed by atoms with Crippen molar-refractivity contribution in [3.8, 4) is 0 Å². The molecule has 0 saturated heterocycles. The van der Waals surface area contributed by atoms with Crippen LogP contribution in [0.15, 0.2) is 6.07 Å². The maximum atomic E-state index is 11.2. The lowest BCUT2D eigenvalue weighted by atomic mass is 10.1. The second-order valence-electron chi connectivity index (χ2n) is 5.88. The molecule has 112 valence electrons. The number of nitro groups is 1. The monoisotopic (exact) mass is 298 g/mol. The van der Waals surface area contributed by atoms with Crippen LogP contribution < -0.4 is 4.90 Å². The summed E-state index contributed by atoms with van der Waals surface area (Å²) in [6, 6.07) is 1.96. The first kappa shape index (κ1) is 15.3. The smallest absolute Gasteiger partial charge is 0.304 e. The van der Waals surface area contributed by atoms with Crippen molar-refractivity contribution in [2.24, 2.45) is 5.92 Å². The third kappa shape index (κ3) is 3.49. The number of thiophene rings is 1. The lowest BCUT2D eigenvalue weighted by Gasteiger charge is -2.23. The molecule has 20 heavy (non-hydrogen) atoms. The minimum Gasteiger partial charge on any atom is -0.388 e. The molecule has 5 nitrogen and oxygen atoms in total. The Bertz CT molecular complexity index is 481. The largest absolute Gasteiger partial charge is 0.388 e. The summed E-state index contributed by atoms with van der Waals surface area (Å²) in [5.74, 6) is 0.575. The van der Waals surface area contributed by atoms with E-state index in [2.05, 4.69) is 18.7 Å². The molecule has 1 saturated carbocycles. The minimum atomic E-state index is -0.654. The van der Waals surface area contributed by atoms with E-state index in [1.54, 1.807) is 6.92 Å². The van der Waals surface area contributed by atoms with E-state index in [0.717, 1.165) is 25.8 Å². The molecule has 0 spiro atoms. The molecule has 0 radical (unpaired) electrons. The molecule has 0 bridgehead atoms. The van der Waals surface area contributed by atoms with Gasteiger partial charge in [0.2, 0.25) is 0 Å². The van der Waals surface area contributed by atoms with Gasteiger partial charge in [-0.3, -0.25) is 10.1 Å². The van der Waals surface area contributed by atoms with Crippen LogP contribution in [0.25, 0.3) is 0 Å². The summed E-state index contributed by atoms with van der Waals surface area (Å²) < 4.78 is 0. The van der Waals surface area contributed by atoms with E-state index < -0.39 is 6.10 Å². The molecule has 2 rings (SSSR count). The molecule has 1 N–H and O–H groups in total. The van der Waals surface area contributed by atoms with Crippen LogP contribution in [0.5, 0.6) is 0 Å². The molecule has 1 aromatic rings. The standard InChI is InChI=1S/C14H22N2O3S/c1-9(2)6-7-15(11-4-5-11)14-12(16(18)19)8-13(20-14)10(3)17/h8-11,17H,4-7H2,1-3H3/t10-/m0/s1. The Morgan fingerprint density at radius 2 is 2.15 bits per heavy atom. The van der Waals surface area contributed by atoms with Crippen molar-refractivity contribution in [1.82, 2.24) is 0 Å². The number of anilines is 1. The summed E-state index contributed by atoms with van der Waals surface area (Å²) in [7, 11) is 0. The number of hydrogen-bond acceptors (Lipinski definition) is 5. The summed E-state index contributed by atoms with van der Waals surface area (Å²) in [6.45, 7) is 6.82. The minimum absolute atomic E-state index is 0.140. The highest BCUT2D eigenvalue weighted by Crippen LogP contribution is 2.44. The molecule has 0 unspecified atom stereocenters. The topological polar surface area (TPSA) is 66.6 Å². The lowest BCUT2D eigenvalue weighted by Crippen LogP contribution is -2.27. The van der Waals surface area contributed by atoms with E-state index in [9.17, 15) is 15.2 Å². The summed E-state index contributed by atoms with van der Waals surface area (Å²) in [5, 5.41) is 21.6. The Morgan fingerprint density at radius 3 is 2.60 bits per heavy atom. The van der Waals surface area contributed by atoms with Gasteiger partial charge in [0.15, 0.2) is 5.00 Å². The summed E-state index contributed by atoms with van der Waals surface area (Å²) in [5.41, 5.74) is 0.140. The fourth-order valence-corrected chi connectivity index (χ4v) is 3.33. The highest BCUT2D eigenvalue weighted by Gasteiger charge is 2.35. The zero-order chi connectivity index (χ0) is 14.9. The Labute approximate surface area is 123 Å². The summed E-state index contributed by atoms with van der Waals surface area (Å²) in [6.07, 6.45) is 2.59. The van der Waals surface area contributed by atoms with E-state index in [1.165, 1.54) is 17.4 Å². The lowest BCUT2D eigenvalue weighted by molar-refractivity contribution is -0.383. The Balaban J connectivity index is 2.28. The quantitative estimate of drug-likeness (QED) is 0.615. The predicted octanol–water partition coefficient (Wildman–Crippen LogP) is 3.72. The molecule has 0 aromatic carbocycles. The van der Waals surface area contributed by atoms with Gasteiger partial charge < -0.3 is 10.0 Å². The first-order chi connectivity index (χ1) is 9.40. The van der Waals surface area contributed by atoms with Gasteiger partial charge >= 0.3 is 5.69 Å². The molecule has 1 aromatic heterocycles. The van der Waals surface area contributed by atoms with Gasteiger partial charge in [0.05, 0.1) is 11.0 Å². The zero-order valence-corrected chi connectivity index (χ0v) is 13.0. The van der Waals surface area contributed by atoms with Gasteiger partial charge in [-0.2, -0.15) is 0 Å². The molecule has 1 fully saturated rings. The number of rotatable bonds is 7. The van der Waals surface area contributed by atoms with Gasteiger partial charge in [0.25, 0.3) is 0 Å². The third-order valence-electron chi connectivity index (χ3n) is 3.52. The van der Waals surface area contributed by atoms with E-state index >= 15 is 0 Å². The number of aliphatic hydroxyl groups is 1. The van der Waals surface area contributed by atoms with Gasteiger partial charge in [-0.15, -0.1) is 11.3 Å². The van der Waals surface area contributed by atoms with Crippen LogP contribution in [0.2, 0.25) is 0 Å². The average molecular weight is 298 g/mol. The van der Waals surface area contributed by atoms with Gasteiger partial charge in [-0.05, 0) is 32.1 Å². The fourth-order valence-electron chi connectivity index (χ4n) is 2.17. The van der Waals surface area contributed by atoms with E-state index in [4.69, 9.17) is 0 Å². The van der Waals surface area contributed by atoms with E-state index in [1.807, 2.05) is 0 Å². The molecule has 1 aliphatic carbocycles. The van der Waals surface area contributed by atoms with Crippen molar-refractivity contribution >= 4 is 22.0 Å². The third-order valence-corrected chi connectivity index (χ3v) is 4.85. The second kappa shape index (κ2) is 6.10.